The number of carbonyl (C=O) groups is 1. The van der Waals surface area contributed by atoms with Gasteiger partial charge >= 0.3 is 0 Å². The molecule has 1 amide bonds. The van der Waals surface area contributed by atoms with Crippen LogP contribution in [-0.2, 0) is 17.9 Å². The summed E-state index contributed by atoms with van der Waals surface area (Å²) < 4.78 is 3.00. The van der Waals surface area contributed by atoms with Gasteiger partial charge in [-0.15, -0.1) is 0 Å². The maximum Gasteiger partial charge on any atom is 0.269 e. The van der Waals surface area contributed by atoms with E-state index in [0.29, 0.717) is 42.0 Å². The number of rotatable bonds is 8. The average Bonchev–Trinajstić information content (AvgIpc) is 3.41. The van der Waals surface area contributed by atoms with Crippen molar-refractivity contribution in [3.63, 3.8) is 0 Å². The largest absolute Gasteiger partial charge is 0.354 e. The minimum Gasteiger partial charge on any atom is -0.354 e. The van der Waals surface area contributed by atoms with Gasteiger partial charge in [-0.05, 0) is 24.3 Å². The van der Waals surface area contributed by atoms with Gasteiger partial charge in [-0.1, -0.05) is 25.0 Å². The Hall–Kier alpha value is -3.56. The summed E-state index contributed by atoms with van der Waals surface area (Å²) >= 11 is 0. The van der Waals surface area contributed by atoms with Crippen LogP contribution in [0, 0.1) is 16.0 Å². The molecule has 0 radical (unpaired) electrons. The highest BCUT2D eigenvalue weighted by molar-refractivity contribution is 5.76. The number of nitrogens with zero attached hydrogens (tertiary/aromatic N) is 5. The number of nitro benzene ring substituents is 1. The van der Waals surface area contributed by atoms with Gasteiger partial charge in [0.05, 0.1) is 24.2 Å². The third kappa shape index (κ3) is 4.79. The molecule has 0 atom stereocenters. The normalized spacial score (nSPS) is 14.2. The molecular formula is C21H24N6O4. The second-order valence-electron chi connectivity index (χ2n) is 7.91. The minimum absolute atomic E-state index is 0.0256. The van der Waals surface area contributed by atoms with E-state index >= 15 is 0 Å². The molecule has 1 aromatic carbocycles. The molecule has 1 aliphatic rings. The first kappa shape index (κ1) is 20.7. The highest BCUT2D eigenvalue weighted by atomic mass is 16.6. The Kier molecular flexibility index (Phi) is 6.06. The van der Waals surface area contributed by atoms with Crippen molar-refractivity contribution in [2.45, 2.75) is 45.2 Å². The standard InChI is InChI=1S/C21H24N6O4/c28-19(11-15-4-1-2-5-15)22-8-9-26-20-18(12-24-26)21(29)25(14-23-20)13-16-6-3-7-17(10-16)27(30)31/h3,6-7,10,12,14-15H,1-2,4-5,8-9,11,13H2,(H,22,28). The van der Waals surface area contributed by atoms with Gasteiger partial charge in [0, 0.05) is 25.1 Å². The Labute approximate surface area is 178 Å². The second-order valence-corrected chi connectivity index (χ2v) is 7.91. The zero-order valence-electron chi connectivity index (χ0n) is 17.1. The molecule has 0 spiro atoms. The molecule has 162 valence electrons. The Bertz CT molecular complexity index is 1160. The van der Waals surface area contributed by atoms with Gasteiger partial charge in [-0.3, -0.25) is 24.3 Å². The molecule has 4 rings (SSSR count). The number of hydrogen-bond acceptors (Lipinski definition) is 6. The SMILES string of the molecule is O=C(CC1CCCC1)NCCn1ncc2c(=O)n(Cc3cccc([N+](=O)[O-])c3)cnc21. The predicted octanol–water partition coefficient (Wildman–Crippen LogP) is 2.25. The first-order valence-electron chi connectivity index (χ1n) is 10.4. The molecule has 1 N–H and O–H groups in total. The average molecular weight is 424 g/mol. The third-order valence-electron chi connectivity index (χ3n) is 5.69. The van der Waals surface area contributed by atoms with E-state index in [-0.39, 0.29) is 23.7 Å². The van der Waals surface area contributed by atoms with Crippen LogP contribution in [-0.4, -0.2) is 36.7 Å². The van der Waals surface area contributed by atoms with Crippen molar-refractivity contribution in [2.24, 2.45) is 5.92 Å². The van der Waals surface area contributed by atoms with Gasteiger partial charge in [0.15, 0.2) is 5.65 Å². The summed E-state index contributed by atoms with van der Waals surface area (Å²) in [6.07, 6.45) is 8.13. The summed E-state index contributed by atoms with van der Waals surface area (Å²) in [5.74, 6) is 0.548. The Morgan fingerprint density at radius 3 is 2.87 bits per heavy atom. The molecular weight excluding hydrogens is 400 g/mol. The van der Waals surface area contributed by atoms with E-state index in [1.54, 1.807) is 16.8 Å². The topological polar surface area (TPSA) is 125 Å². The fraction of sp³-hybridized carbons (Fsp3) is 0.429. The lowest BCUT2D eigenvalue weighted by Gasteiger charge is -2.10. The molecule has 1 saturated carbocycles. The van der Waals surface area contributed by atoms with Crippen molar-refractivity contribution < 1.29 is 9.72 Å². The van der Waals surface area contributed by atoms with E-state index in [1.807, 2.05) is 0 Å². The van der Waals surface area contributed by atoms with Crippen LogP contribution in [0.25, 0.3) is 11.0 Å². The van der Waals surface area contributed by atoms with Crippen molar-refractivity contribution in [1.29, 1.82) is 0 Å². The zero-order valence-corrected chi connectivity index (χ0v) is 17.1. The van der Waals surface area contributed by atoms with Gasteiger partial charge < -0.3 is 5.32 Å². The van der Waals surface area contributed by atoms with Gasteiger partial charge in [0.1, 0.15) is 11.7 Å². The van der Waals surface area contributed by atoms with E-state index in [0.717, 1.165) is 12.8 Å². The summed E-state index contributed by atoms with van der Waals surface area (Å²) in [4.78, 5) is 39.7. The van der Waals surface area contributed by atoms with Crippen molar-refractivity contribution in [3.05, 3.63) is 62.8 Å². The van der Waals surface area contributed by atoms with Gasteiger partial charge in [-0.2, -0.15) is 5.10 Å². The van der Waals surface area contributed by atoms with Crippen LogP contribution >= 0.6 is 0 Å². The number of nitrogens with one attached hydrogen (secondary N) is 1. The fourth-order valence-corrected chi connectivity index (χ4v) is 4.09. The Balaban J connectivity index is 1.41. The lowest BCUT2D eigenvalue weighted by Crippen LogP contribution is -2.29. The maximum absolute atomic E-state index is 12.8. The van der Waals surface area contributed by atoms with Crippen LogP contribution in [0.4, 0.5) is 5.69 Å². The molecule has 10 nitrogen and oxygen atoms in total. The van der Waals surface area contributed by atoms with Crippen LogP contribution < -0.4 is 10.9 Å². The first-order valence-corrected chi connectivity index (χ1v) is 10.4. The molecule has 1 fully saturated rings. The maximum atomic E-state index is 12.8. The van der Waals surface area contributed by atoms with Gasteiger partial charge in [-0.25, -0.2) is 9.67 Å². The second kappa shape index (κ2) is 9.07. The highest BCUT2D eigenvalue weighted by Gasteiger charge is 2.18. The van der Waals surface area contributed by atoms with Crippen LogP contribution in [0.5, 0.6) is 0 Å². The summed E-state index contributed by atoms with van der Waals surface area (Å²) in [5.41, 5.74) is 0.788. The number of non-ortho nitro benzene ring substituents is 1. The molecule has 3 aromatic rings. The Morgan fingerprint density at radius 1 is 1.29 bits per heavy atom. The van der Waals surface area contributed by atoms with E-state index in [4.69, 9.17) is 0 Å². The van der Waals surface area contributed by atoms with Crippen molar-refractivity contribution in [1.82, 2.24) is 24.6 Å². The monoisotopic (exact) mass is 424 g/mol. The molecule has 10 heteroatoms. The number of hydrogen-bond donors (Lipinski definition) is 1. The fourth-order valence-electron chi connectivity index (χ4n) is 4.09. The van der Waals surface area contributed by atoms with E-state index < -0.39 is 4.92 Å². The number of carbonyl (C=O) groups excluding carboxylic acids is 1. The van der Waals surface area contributed by atoms with E-state index in [1.165, 1.54) is 42.1 Å². The van der Waals surface area contributed by atoms with E-state index in [9.17, 15) is 19.7 Å². The first-order chi connectivity index (χ1) is 15.0. The van der Waals surface area contributed by atoms with Crippen LogP contribution in [0.1, 0.15) is 37.7 Å². The molecule has 0 saturated heterocycles. The lowest BCUT2D eigenvalue weighted by molar-refractivity contribution is -0.384. The van der Waals surface area contributed by atoms with Crippen LogP contribution in [0.3, 0.4) is 0 Å². The smallest absolute Gasteiger partial charge is 0.269 e. The summed E-state index contributed by atoms with van der Waals surface area (Å²) in [7, 11) is 0. The molecule has 2 aromatic heterocycles. The molecule has 2 heterocycles. The van der Waals surface area contributed by atoms with Crippen LogP contribution in [0.15, 0.2) is 41.6 Å². The molecule has 31 heavy (non-hydrogen) atoms. The van der Waals surface area contributed by atoms with Crippen molar-refractivity contribution >= 4 is 22.6 Å². The zero-order chi connectivity index (χ0) is 21.8. The highest BCUT2D eigenvalue weighted by Crippen LogP contribution is 2.27. The lowest BCUT2D eigenvalue weighted by atomic mass is 10.0. The van der Waals surface area contributed by atoms with E-state index in [2.05, 4.69) is 15.4 Å². The van der Waals surface area contributed by atoms with Crippen molar-refractivity contribution in [2.75, 3.05) is 6.54 Å². The molecule has 0 bridgehead atoms. The third-order valence-corrected chi connectivity index (χ3v) is 5.69. The quantitative estimate of drug-likeness (QED) is 0.437. The van der Waals surface area contributed by atoms with Gasteiger partial charge in [0.25, 0.3) is 11.2 Å². The number of nitro groups is 1. The molecule has 1 aliphatic carbocycles. The van der Waals surface area contributed by atoms with Crippen LogP contribution in [0.2, 0.25) is 0 Å². The number of aromatic nitrogens is 4. The van der Waals surface area contributed by atoms with Gasteiger partial charge in [0.2, 0.25) is 5.91 Å². The Morgan fingerprint density at radius 2 is 2.10 bits per heavy atom. The molecule has 0 unspecified atom stereocenters. The summed E-state index contributed by atoms with van der Waals surface area (Å²) in [6, 6.07) is 6.16. The summed E-state index contributed by atoms with van der Waals surface area (Å²) in [6.45, 7) is 1.01. The van der Waals surface area contributed by atoms with Crippen molar-refractivity contribution in [3.8, 4) is 0 Å². The minimum atomic E-state index is -0.468. The summed E-state index contributed by atoms with van der Waals surface area (Å²) in [5, 5.41) is 18.5. The molecule has 0 aliphatic heterocycles. The number of fused-ring (bicyclic) bond motifs is 1. The number of amides is 1. The predicted molar refractivity (Wildman–Crippen MR) is 114 cm³/mol. The number of benzene rings is 1.